The summed E-state index contributed by atoms with van der Waals surface area (Å²) < 4.78 is 7.22. The van der Waals surface area contributed by atoms with Crippen LogP contribution in [0.15, 0.2) is 34.7 Å². The van der Waals surface area contributed by atoms with Gasteiger partial charge in [-0.15, -0.1) is 21.5 Å². The second-order valence-electron chi connectivity index (χ2n) is 5.67. The quantitative estimate of drug-likeness (QED) is 0.666. The Hall–Kier alpha value is -1.97. The van der Waals surface area contributed by atoms with E-state index in [0.29, 0.717) is 17.9 Å². The average Bonchev–Trinajstić information content (AvgIpc) is 3.38. The van der Waals surface area contributed by atoms with Crippen LogP contribution in [-0.4, -0.2) is 50.7 Å². The lowest BCUT2D eigenvalue weighted by Crippen LogP contribution is -2.32. The van der Waals surface area contributed by atoms with Crippen LogP contribution in [0.3, 0.4) is 0 Å². The smallest absolute Gasteiger partial charge is 0.230 e. The molecule has 0 bridgehead atoms. The number of carbonyl (C=O) groups excluding carboxylic acids is 1. The standard InChI is InChI=1S/C16H17N5O2S2/c22-14(17-9-11-3-1-7-23-11)10-25-15-6-5-13-18-19-16(21(13)20-15)12-4-2-8-24-12/h2,4-6,8,11H,1,3,7,9-10H2,(H,17,22)/t11-/m1/s1. The number of thiophene rings is 1. The van der Waals surface area contributed by atoms with E-state index in [-0.39, 0.29) is 12.0 Å². The first-order valence-electron chi connectivity index (χ1n) is 8.07. The molecule has 0 saturated carbocycles. The zero-order valence-corrected chi connectivity index (χ0v) is 15.1. The Morgan fingerprint density at radius 3 is 3.16 bits per heavy atom. The van der Waals surface area contributed by atoms with Crippen molar-refractivity contribution < 1.29 is 9.53 Å². The van der Waals surface area contributed by atoms with Crippen LogP contribution in [0.5, 0.6) is 0 Å². The van der Waals surface area contributed by atoms with Gasteiger partial charge in [-0.2, -0.15) is 9.61 Å². The van der Waals surface area contributed by atoms with Crippen LogP contribution in [0, 0.1) is 0 Å². The van der Waals surface area contributed by atoms with Crippen molar-refractivity contribution in [1.29, 1.82) is 0 Å². The van der Waals surface area contributed by atoms with E-state index in [2.05, 4.69) is 20.6 Å². The fourth-order valence-corrected chi connectivity index (χ4v) is 4.01. The highest BCUT2D eigenvalue weighted by molar-refractivity contribution is 7.99. The molecule has 1 fully saturated rings. The SMILES string of the molecule is O=C(CSc1ccc2nnc(-c3cccs3)n2n1)NC[C@H]1CCCO1. The summed E-state index contributed by atoms with van der Waals surface area (Å²) in [4.78, 5) is 13.0. The lowest BCUT2D eigenvalue weighted by Gasteiger charge is -2.10. The molecule has 0 aromatic carbocycles. The molecule has 1 saturated heterocycles. The Labute approximate surface area is 152 Å². The molecule has 1 aliphatic heterocycles. The van der Waals surface area contributed by atoms with E-state index in [1.54, 1.807) is 15.9 Å². The van der Waals surface area contributed by atoms with E-state index in [1.165, 1.54) is 11.8 Å². The number of nitrogens with one attached hydrogen (secondary N) is 1. The van der Waals surface area contributed by atoms with Crippen molar-refractivity contribution in [1.82, 2.24) is 25.1 Å². The van der Waals surface area contributed by atoms with E-state index in [0.717, 1.165) is 35.2 Å². The Bertz CT molecular complexity index is 859. The number of amides is 1. The van der Waals surface area contributed by atoms with E-state index >= 15 is 0 Å². The van der Waals surface area contributed by atoms with Crippen molar-refractivity contribution in [2.45, 2.75) is 24.0 Å². The summed E-state index contributed by atoms with van der Waals surface area (Å²) in [6.45, 7) is 1.38. The maximum absolute atomic E-state index is 12.0. The highest BCUT2D eigenvalue weighted by Gasteiger charge is 2.16. The number of nitrogens with zero attached hydrogens (tertiary/aromatic N) is 4. The lowest BCUT2D eigenvalue weighted by molar-refractivity contribution is -0.119. The van der Waals surface area contributed by atoms with Gasteiger partial charge >= 0.3 is 0 Å². The van der Waals surface area contributed by atoms with Gasteiger partial charge in [0, 0.05) is 13.2 Å². The minimum Gasteiger partial charge on any atom is -0.376 e. The fourth-order valence-electron chi connectivity index (χ4n) is 2.63. The summed E-state index contributed by atoms with van der Waals surface area (Å²) >= 11 is 2.99. The number of fused-ring (bicyclic) bond motifs is 1. The molecule has 7 nitrogen and oxygen atoms in total. The number of thioether (sulfide) groups is 1. The third-order valence-electron chi connectivity index (χ3n) is 3.88. The van der Waals surface area contributed by atoms with Gasteiger partial charge in [0.25, 0.3) is 0 Å². The molecule has 0 radical (unpaired) electrons. The normalized spacial score (nSPS) is 17.2. The summed E-state index contributed by atoms with van der Waals surface area (Å²) in [5, 5.41) is 18.6. The molecule has 130 valence electrons. The van der Waals surface area contributed by atoms with E-state index in [4.69, 9.17) is 4.74 Å². The van der Waals surface area contributed by atoms with Crippen molar-refractivity contribution in [3.63, 3.8) is 0 Å². The number of aromatic nitrogens is 4. The lowest BCUT2D eigenvalue weighted by atomic mass is 10.2. The predicted molar refractivity (Wildman–Crippen MR) is 96.8 cm³/mol. The van der Waals surface area contributed by atoms with Crippen LogP contribution in [0.25, 0.3) is 16.3 Å². The molecule has 1 amide bonds. The average molecular weight is 375 g/mol. The first kappa shape index (κ1) is 16.5. The second kappa shape index (κ2) is 7.51. The topological polar surface area (TPSA) is 81.4 Å². The van der Waals surface area contributed by atoms with Gasteiger partial charge in [0.05, 0.1) is 16.7 Å². The van der Waals surface area contributed by atoms with Gasteiger partial charge in [0.1, 0.15) is 5.03 Å². The van der Waals surface area contributed by atoms with Gasteiger partial charge in [-0.3, -0.25) is 4.79 Å². The van der Waals surface area contributed by atoms with Gasteiger partial charge in [-0.05, 0) is 36.4 Å². The summed E-state index contributed by atoms with van der Waals surface area (Å²) in [6, 6.07) is 7.68. The molecular formula is C16H17N5O2S2. The third-order valence-corrected chi connectivity index (χ3v) is 5.67. The molecule has 1 N–H and O–H groups in total. The first-order chi connectivity index (χ1) is 12.3. The fraction of sp³-hybridized carbons (Fsp3) is 0.375. The van der Waals surface area contributed by atoms with E-state index in [1.807, 2.05) is 29.6 Å². The van der Waals surface area contributed by atoms with Gasteiger partial charge in [0.15, 0.2) is 11.5 Å². The van der Waals surface area contributed by atoms with Crippen molar-refractivity contribution in [3.05, 3.63) is 29.6 Å². The molecule has 1 aliphatic rings. The molecule has 3 aromatic heterocycles. The Morgan fingerprint density at radius 2 is 2.36 bits per heavy atom. The number of hydrogen-bond donors (Lipinski definition) is 1. The van der Waals surface area contributed by atoms with E-state index in [9.17, 15) is 4.79 Å². The molecular weight excluding hydrogens is 358 g/mol. The second-order valence-corrected chi connectivity index (χ2v) is 7.61. The first-order valence-corrected chi connectivity index (χ1v) is 9.93. The minimum absolute atomic E-state index is 0.00960. The zero-order chi connectivity index (χ0) is 17.1. The van der Waals surface area contributed by atoms with Crippen LogP contribution >= 0.6 is 23.1 Å². The highest BCUT2D eigenvalue weighted by atomic mass is 32.2. The maximum atomic E-state index is 12.0. The maximum Gasteiger partial charge on any atom is 0.230 e. The predicted octanol–water partition coefficient (Wildman–Crippen LogP) is 2.24. The Kier molecular flexibility index (Phi) is 4.95. The van der Waals surface area contributed by atoms with E-state index < -0.39 is 0 Å². The number of rotatable bonds is 6. The van der Waals surface area contributed by atoms with Crippen LogP contribution in [-0.2, 0) is 9.53 Å². The van der Waals surface area contributed by atoms with Crippen molar-refractivity contribution in [2.24, 2.45) is 0 Å². The highest BCUT2D eigenvalue weighted by Crippen LogP contribution is 2.24. The van der Waals surface area contributed by atoms with Gasteiger partial charge in [-0.1, -0.05) is 17.8 Å². The monoisotopic (exact) mass is 375 g/mol. The Morgan fingerprint density at radius 1 is 1.40 bits per heavy atom. The van der Waals surface area contributed by atoms with Crippen molar-refractivity contribution in [3.8, 4) is 10.7 Å². The van der Waals surface area contributed by atoms with Crippen LogP contribution in [0.1, 0.15) is 12.8 Å². The molecule has 4 heterocycles. The molecule has 1 atom stereocenters. The largest absolute Gasteiger partial charge is 0.376 e. The van der Waals surface area contributed by atoms with Gasteiger partial charge in [-0.25, -0.2) is 0 Å². The molecule has 3 aromatic rings. The molecule has 4 rings (SSSR count). The molecule has 25 heavy (non-hydrogen) atoms. The van der Waals surface area contributed by atoms with Crippen LogP contribution in [0.4, 0.5) is 0 Å². The van der Waals surface area contributed by atoms with Crippen LogP contribution < -0.4 is 5.32 Å². The zero-order valence-electron chi connectivity index (χ0n) is 13.4. The minimum atomic E-state index is -0.00960. The number of carbonyl (C=O) groups is 1. The van der Waals surface area contributed by atoms with Gasteiger partial charge in [0.2, 0.25) is 5.91 Å². The molecule has 0 spiro atoms. The molecule has 0 aliphatic carbocycles. The van der Waals surface area contributed by atoms with Crippen molar-refractivity contribution >= 4 is 34.7 Å². The van der Waals surface area contributed by atoms with Crippen LogP contribution in [0.2, 0.25) is 0 Å². The Balaban J connectivity index is 1.39. The third kappa shape index (κ3) is 3.83. The molecule has 0 unspecified atom stereocenters. The summed E-state index contributed by atoms with van der Waals surface area (Å²) in [5.41, 5.74) is 0.690. The summed E-state index contributed by atoms with van der Waals surface area (Å²) in [7, 11) is 0. The summed E-state index contributed by atoms with van der Waals surface area (Å²) in [6.07, 6.45) is 2.25. The molecule has 9 heteroatoms. The van der Waals surface area contributed by atoms with Gasteiger partial charge < -0.3 is 10.1 Å². The number of ether oxygens (including phenoxy) is 1. The summed E-state index contributed by atoms with van der Waals surface area (Å²) in [5.74, 6) is 1.03. The number of hydrogen-bond acceptors (Lipinski definition) is 7. The van der Waals surface area contributed by atoms with Crippen molar-refractivity contribution in [2.75, 3.05) is 18.9 Å².